The number of methoxy groups -OCH3 is 1. The molecule has 2 aromatic carbocycles. The first-order chi connectivity index (χ1) is 15.0. The van der Waals surface area contributed by atoms with Gasteiger partial charge >= 0.3 is 0 Å². The molecule has 0 fully saturated rings. The van der Waals surface area contributed by atoms with Crippen molar-refractivity contribution in [3.63, 3.8) is 0 Å². The number of ketones is 1. The lowest BCUT2D eigenvalue weighted by Crippen LogP contribution is -2.46. The SMILES string of the molecule is COc1ccccc1[C@H]1C(C#N)=C(N)N(N(C)C)C2=C1C(=O)C[C@H](c1ccccc1)C2. The Morgan fingerprint density at radius 1 is 1.10 bits per heavy atom. The molecule has 1 aliphatic heterocycles. The number of benzene rings is 2. The molecular formula is C25H26N4O2. The van der Waals surface area contributed by atoms with E-state index < -0.39 is 5.92 Å². The van der Waals surface area contributed by atoms with Crippen LogP contribution in [0.2, 0.25) is 0 Å². The lowest BCUT2D eigenvalue weighted by atomic mass is 9.72. The first-order valence-electron chi connectivity index (χ1n) is 10.3. The molecule has 2 aliphatic rings. The second kappa shape index (κ2) is 8.29. The molecule has 0 spiro atoms. The Hall–Kier alpha value is -3.56. The van der Waals surface area contributed by atoms with Gasteiger partial charge in [-0.3, -0.25) is 9.80 Å². The summed E-state index contributed by atoms with van der Waals surface area (Å²) in [6.45, 7) is 0. The van der Waals surface area contributed by atoms with Gasteiger partial charge in [0.25, 0.3) is 0 Å². The maximum absolute atomic E-state index is 13.6. The van der Waals surface area contributed by atoms with E-state index in [1.165, 1.54) is 0 Å². The van der Waals surface area contributed by atoms with E-state index in [0.29, 0.717) is 35.6 Å². The van der Waals surface area contributed by atoms with Gasteiger partial charge in [0.05, 0.1) is 24.7 Å². The van der Waals surface area contributed by atoms with Crippen LogP contribution in [0.3, 0.4) is 0 Å². The molecule has 0 amide bonds. The van der Waals surface area contributed by atoms with Gasteiger partial charge in [-0.05, 0) is 24.0 Å². The van der Waals surface area contributed by atoms with E-state index in [1.54, 1.807) is 7.11 Å². The number of nitrogens with two attached hydrogens (primary N) is 1. The zero-order valence-electron chi connectivity index (χ0n) is 18.0. The van der Waals surface area contributed by atoms with Crippen molar-refractivity contribution < 1.29 is 9.53 Å². The summed E-state index contributed by atoms with van der Waals surface area (Å²) < 4.78 is 5.58. The molecule has 1 aliphatic carbocycles. The van der Waals surface area contributed by atoms with Gasteiger partial charge in [-0.25, -0.2) is 5.01 Å². The Balaban J connectivity index is 1.92. The summed E-state index contributed by atoms with van der Waals surface area (Å²) in [6, 6.07) is 19.9. The average Bonchev–Trinajstić information content (AvgIpc) is 2.78. The van der Waals surface area contributed by atoms with Crippen LogP contribution in [0.15, 0.2) is 77.3 Å². The lowest BCUT2D eigenvalue weighted by Gasteiger charge is -2.44. The Morgan fingerprint density at radius 2 is 1.77 bits per heavy atom. The van der Waals surface area contributed by atoms with E-state index >= 15 is 0 Å². The van der Waals surface area contributed by atoms with E-state index in [2.05, 4.69) is 18.2 Å². The molecule has 158 valence electrons. The summed E-state index contributed by atoms with van der Waals surface area (Å²) in [5, 5.41) is 13.7. The molecular weight excluding hydrogens is 388 g/mol. The molecule has 0 aromatic heterocycles. The summed E-state index contributed by atoms with van der Waals surface area (Å²) in [5.74, 6) is 0.541. The number of nitriles is 1. The predicted molar refractivity (Wildman–Crippen MR) is 119 cm³/mol. The third-order valence-electron chi connectivity index (χ3n) is 6.06. The molecule has 6 heteroatoms. The first kappa shape index (κ1) is 20.7. The van der Waals surface area contributed by atoms with Crippen LogP contribution in [-0.2, 0) is 4.79 Å². The molecule has 6 nitrogen and oxygen atoms in total. The molecule has 0 unspecified atom stereocenters. The highest BCUT2D eigenvalue weighted by Gasteiger charge is 2.43. The molecule has 0 saturated heterocycles. The van der Waals surface area contributed by atoms with Gasteiger partial charge in [0.15, 0.2) is 5.78 Å². The fourth-order valence-corrected chi connectivity index (χ4v) is 4.75. The van der Waals surface area contributed by atoms with Gasteiger partial charge in [-0.1, -0.05) is 48.5 Å². The molecule has 0 radical (unpaired) electrons. The maximum atomic E-state index is 13.6. The maximum Gasteiger partial charge on any atom is 0.162 e. The molecule has 31 heavy (non-hydrogen) atoms. The number of carbonyl (C=O) groups is 1. The molecule has 2 N–H and O–H groups in total. The number of ether oxygens (including phenoxy) is 1. The van der Waals surface area contributed by atoms with Crippen molar-refractivity contribution in [1.82, 2.24) is 10.0 Å². The first-order valence-corrected chi connectivity index (χ1v) is 10.3. The number of hydrogen-bond donors (Lipinski definition) is 1. The van der Waals surface area contributed by atoms with Gasteiger partial charge in [0, 0.05) is 37.3 Å². The summed E-state index contributed by atoms with van der Waals surface area (Å²) in [4.78, 5) is 13.6. The molecule has 2 atom stereocenters. The Morgan fingerprint density at radius 3 is 2.42 bits per heavy atom. The standard InChI is InChI=1S/C25H26N4O2/c1-28(2)29-20-13-17(16-9-5-4-6-10-16)14-21(30)24(20)23(19(15-26)25(29)27)18-11-7-8-12-22(18)31-3/h4-12,17,23H,13-14,27H2,1-3H3/t17-,23+/m1/s1. The van der Waals surface area contributed by atoms with Gasteiger partial charge in [-0.15, -0.1) is 0 Å². The largest absolute Gasteiger partial charge is 0.496 e. The third-order valence-corrected chi connectivity index (χ3v) is 6.06. The Labute approximate surface area is 182 Å². The van der Waals surface area contributed by atoms with Gasteiger partial charge in [-0.2, -0.15) is 5.26 Å². The normalized spacial score (nSPS) is 21.3. The highest BCUT2D eigenvalue weighted by atomic mass is 16.5. The van der Waals surface area contributed by atoms with E-state index in [9.17, 15) is 10.1 Å². The van der Waals surface area contributed by atoms with Crippen molar-refractivity contribution >= 4 is 5.78 Å². The minimum absolute atomic E-state index is 0.0399. The Kier molecular flexibility index (Phi) is 5.53. The van der Waals surface area contributed by atoms with Crippen LogP contribution >= 0.6 is 0 Å². The number of rotatable bonds is 4. The van der Waals surface area contributed by atoms with Crippen molar-refractivity contribution in [2.45, 2.75) is 24.7 Å². The van der Waals surface area contributed by atoms with Crippen molar-refractivity contribution in [2.75, 3.05) is 21.2 Å². The van der Waals surface area contributed by atoms with Crippen LogP contribution < -0.4 is 10.5 Å². The van der Waals surface area contributed by atoms with Crippen molar-refractivity contribution in [1.29, 1.82) is 5.26 Å². The molecule has 4 rings (SSSR count). The van der Waals surface area contributed by atoms with Crippen LogP contribution in [0.4, 0.5) is 0 Å². The highest BCUT2D eigenvalue weighted by Crippen LogP contribution is 2.49. The zero-order valence-corrected chi connectivity index (χ0v) is 18.0. The van der Waals surface area contributed by atoms with Crippen LogP contribution in [0, 0.1) is 11.3 Å². The number of hydrogen-bond acceptors (Lipinski definition) is 6. The number of para-hydroxylation sites is 1. The lowest BCUT2D eigenvalue weighted by molar-refractivity contribution is -0.117. The minimum Gasteiger partial charge on any atom is -0.496 e. The smallest absolute Gasteiger partial charge is 0.162 e. The number of hydrazine groups is 1. The van der Waals surface area contributed by atoms with E-state index in [0.717, 1.165) is 16.8 Å². The monoisotopic (exact) mass is 414 g/mol. The zero-order chi connectivity index (χ0) is 22.1. The number of allylic oxidation sites excluding steroid dienone is 3. The van der Waals surface area contributed by atoms with Gasteiger partial charge in [0.1, 0.15) is 11.6 Å². The molecule has 2 aromatic rings. The Bertz CT molecular complexity index is 1110. The molecule has 1 heterocycles. The van der Waals surface area contributed by atoms with E-state index in [-0.39, 0.29) is 11.7 Å². The molecule has 0 bridgehead atoms. The van der Waals surface area contributed by atoms with Crippen LogP contribution in [-0.4, -0.2) is 37.0 Å². The quantitative estimate of drug-likeness (QED) is 0.822. The predicted octanol–water partition coefficient (Wildman–Crippen LogP) is 3.67. The number of carbonyl (C=O) groups excluding carboxylic acids is 1. The molecule has 0 saturated carbocycles. The highest BCUT2D eigenvalue weighted by molar-refractivity contribution is 6.00. The minimum atomic E-state index is -0.545. The van der Waals surface area contributed by atoms with Gasteiger partial charge in [0.2, 0.25) is 0 Å². The van der Waals surface area contributed by atoms with E-state index in [4.69, 9.17) is 10.5 Å². The average molecular weight is 415 g/mol. The van der Waals surface area contributed by atoms with Crippen molar-refractivity contribution in [3.8, 4) is 11.8 Å². The van der Waals surface area contributed by atoms with Crippen LogP contribution in [0.1, 0.15) is 35.8 Å². The summed E-state index contributed by atoms with van der Waals surface area (Å²) in [5.41, 5.74) is 10.3. The van der Waals surface area contributed by atoms with Gasteiger partial charge < -0.3 is 10.5 Å². The van der Waals surface area contributed by atoms with Crippen molar-refractivity contribution in [3.05, 3.63) is 88.4 Å². The number of Topliss-reactive ketones (excluding diaryl/α,β-unsaturated/α-hetero) is 1. The van der Waals surface area contributed by atoms with Crippen molar-refractivity contribution in [2.24, 2.45) is 5.73 Å². The van der Waals surface area contributed by atoms with Crippen LogP contribution in [0.25, 0.3) is 0 Å². The summed E-state index contributed by atoms with van der Waals surface area (Å²) in [7, 11) is 5.33. The fraction of sp³-hybridized carbons (Fsp3) is 0.280. The topological polar surface area (TPSA) is 82.6 Å². The fourth-order valence-electron chi connectivity index (χ4n) is 4.75. The second-order valence-corrected chi connectivity index (χ2v) is 8.04. The summed E-state index contributed by atoms with van der Waals surface area (Å²) in [6.07, 6.45) is 1.06. The van der Waals surface area contributed by atoms with Crippen LogP contribution in [0.5, 0.6) is 5.75 Å². The second-order valence-electron chi connectivity index (χ2n) is 8.04. The third kappa shape index (κ3) is 3.47. The van der Waals surface area contributed by atoms with E-state index in [1.807, 2.05) is 66.6 Å². The summed E-state index contributed by atoms with van der Waals surface area (Å²) >= 11 is 0. The number of nitrogens with zero attached hydrogens (tertiary/aromatic N) is 3.